The van der Waals surface area contributed by atoms with E-state index in [1.165, 1.54) is 23.8 Å². The zero-order valence-corrected chi connectivity index (χ0v) is 19.4. The fourth-order valence-corrected chi connectivity index (χ4v) is 4.57. The molecule has 0 radical (unpaired) electrons. The van der Waals surface area contributed by atoms with Crippen LogP contribution in [0, 0.1) is 5.82 Å². The Kier molecular flexibility index (Phi) is 7.49. The van der Waals surface area contributed by atoms with Gasteiger partial charge in [0.2, 0.25) is 0 Å². The van der Waals surface area contributed by atoms with E-state index in [0.29, 0.717) is 25.2 Å². The first-order chi connectivity index (χ1) is 16.5. The van der Waals surface area contributed by atoms with Gasteiger partial charge in [-0.1, -0.05) is 12.1 Å². The highest BCUT2D eigenvalue weighted by molar-refractivity contribution is 5.78. The van der Waals surface area contributed by atoms with E-state index in [1.54, 1.807) is 16.7 Å². The molecule has 2 aromatic rings. The number of anilines is 1. The smallest absolute Gasteiger partial charge is 0.320 e. The minimum atomic E-state index is -0.790. The molecule has 9 heteroatoms. The van der Waals surface area contributed by atoms with E-state index in [4.69, 9.17) is 9.72 Å². The fourth-order valence-electron chi connectivity index (χ4n) is 4.57. The number of amides is 2. The monoisotopic (exact) mass is 470 g/mol. The van der Waals surface area contributed by atoms with Gasteiger partial charge in [0.25, 0.3) is 0 Å². The van der Waals surface area contributed by atoms with Crippen LogP contribution in [0.1, 0.15) is 49.0 Å². The molecule has 2 aliphatic heterocycles. The van der Waals surface area contributed by atoms with Crippen LogP contribution in [-0.4, -0.2) is 64.7 Å². The van der Waals surface area contributed by atoms with Crippen molar-refractivity contribution in [2.75, 3.05) is 38.1 Å². The number of hydrogen-bond donors (Lipinski definition) is 2. The molecule has 1 aromatic heterocycles. The van der Waals surface area contributed by atoms with Crippen LogP contribution in [0.2, 0.25) is 0 Å². The summed E-state index contributed by atoms with van der Waals surface area (Å²) in [6, 6.07) is 7.27. The second-order valence-electron chi connectivity index (χ2n) is 8.64. The van der Waals surface area contributed by atoms with Crippen molar-refractivity contribution in [3.63, 3.8) is 0 Å². The van der Waals surface area contributed by atoms with Crippen molar-refractivity contribution in [2.24, 2.45) is 0 Å². The van der Waals surface area contributed by atoms with Gasteiger partial charge in [0.15, 0.2) is 11.6 Å². The zero-order chi connectivity index (χ0) is 24.1. The fraction of sp³-hybridized carbons (Fsp3) is 0.480. The number of aryl methyl sites for hydroxylation is 2. The second-order valence-corrected chi connectivity index (χ2v) is 8.64. The molecule has 0 spiro atoms. The third kappa shape index (κ3) is 5.40. The SMILES string of the molecule is CCOC(=O)C[C@H](c1ccc(O)c(F)c1)N1CCN(CCCc2ccc3c(n2)NCCC3)C1=O. The van der Waals surface area contributed by atoms with Crippen molar-refractivity contribution in [1.82, 2.24) is 14.8 Å². The van der Waals surface area contributed by atoms with E-state index in [-0.39, 0.29) is 19.1 Å². The number of nitrogens with zero attached hydrogens (tertiary/aromatic N) is 3. The Morgan fingerprint density at radius 2 is 2.15 bits per heavy atom. The van der Waals surface area contributed by atoms with Crippen molar-refractivity contribution < 1.29 is 23.8 Å². The maximum atomic E-state index is 14.0. The molecular weight excluding hydrogens is 439 g/mol. The van der Waals surface area contributed by atoms with Crippen LogP contribution in [0.4, 0.5) is 15.0 Å². The molecule has 1 fully saturated rings. The number of ether oxygens (including phenoxy) is 1. The molecule has 1 aromatic carbocycles. The molecule has 0 saturated carbocycles. The van der Waals surface area contributed by atoms with Crippen molar-refractivity contribution in [1.29, 1.82) is 0 Å². The van der Waals surface area contributed by atoms with Gasteiger partial charge in [0.1, 0.15) is 5.82 Å². The number of pyridine rings is 1. The van der Waals surface area contributed by atoms with Gasteiger partial charge in [0, 0.05) is 31.9 Å². The Bertz CT molecular complexity index is 1050. The largest absolute Gasteiger partial charge is 0.505 e. The Balaban J connectivity index is 1.39. The highest BCUT2D eigenvalue weighted by atomic mass is 19.1. The number of nitrogens with one attached hydrogen (secondary N) is 1. The lowest BCUT2D eigenvalue weighted by Gasteiger charge is -2.28. The summed E-state index contributed by atoms with van der Waals surface area (Å²) in [5.74, 6) is -0.754. The number of urea groups is 1. The Morgan fingerprint density at radius 1 is 1.29 bits per heavy atom. The Morgan fingerprint density at radius 3 is 2.94 bits per heavy atom. The summed E-state index contributed by atoms with van der Waals surface area (Å²) in [6.45, 7) is 4.40. The molecule has 182 valence electrons. The number of aromatic nitrogens is 1. The molecule has 8 nitrogen and oxygen atoms in total. The number of aromatic hydroxyl groups is 1. The van der Waals surface area contributed by atoms with Gasteiger partial charge in [-0.05, 0) is 61.9 Å². The number of fused-ring (bicyclic) bond motifs is 1. The van der Waals surface area contributed by atoms with Crippen LogP contribution in [0.5, 0.6) is 5.75 Å². The van der Waals surface area contributed by atoms with Crippen molar-refractivity contribution >= 4 is 17.8 Å². The van der Waals surface area contributed by atoms with Gasteiger partial charge in [0.05, 0.1) is 19.1 Å². The Hall–Kier alpha value is -3.36. The van der Waals surface area contributed by atoms with Crippen molar-refractivity contribution in [3.05, 3.63) is 53.0 Å². The average Bonchev–Trinajstić information content (AvgIpc) is 3.19. The maximum Gasteiger partial charge on any atom is 0.320 e. The number of benzene rings is 1. The van der Waals surface area contributed by atoms with Crippen LogP contribution >= 0.6 is 0 Å². The predicted octanol–water partition coefficient (Wildman–Crippen LogP) is 3.65. The Labute approximate surface area is 198 Å². The highest BCUT2D eigenvalue weighted by Gasteiger charge is 2.36. The maximum absolute atomic E-state index is 14.0. The number of rotatable bonds is 9. The van der Waals surface area contributed by atoms with Crippen molar-refractivity contribution in [3.8, 4) is 5.75 Å². The summed E-state index contributed by atoms with van der Waals surface area (Å²) in [5, 5.41) is 12.9. The normalized spacial score (nSPS) is 16.2. The number of halogens is 1. The number of carbonyl (C=O) groups excluding carboxylic acids is 2. The number of phenolic OH excluding ortho intramolecular Hbond substituents is 1. The highest BCUT2D eigenvalue weighted by Crippen LogP contribution is 2.31. The minimum absolute atomic E-state index is 0.0797. The van der Waals surface area contributed by atoms with Gasteiger partial charge in [-0.2, -0.15) is 0 Å². The van der Waals surface area contributed by atoms with Crippen LogP contribution < -0.4 is 5.32 Å². The lowest BCUT2D eigenvalue weighted by atomic mass is 10.0. The molecule has 1 atom stereocenters. The van der Waals surface area contributed by atoms with Gasteiger partial charge in [-0.3, -0.25) is 4.79 Å². The molecule has 2 aliphatic rings. The van der Waals surface area contributed by atoms with E-state index in [2.05, 4.69) is 17.4 Å². The zero-order valence-electron chi connectivity index (χ0n) is 19.4. The molecule has 0 aliphatic carbocycles. The number of phenols is 1. The number of esters is 1. The summed E-state index contributed by atoms with van der Waals surface area (Å²) in [7, 11) is 0. The van der Waals surface area contributed by atoms with Gasteiger partial charge < -0.3 is 25.0 Å². The topological polar surface area (TPSA) is 95.0 Å². The molecular formula is C25H31FN4O4. The summed E-state index contributed by atoms with van der Waals surface area (Å²) < 4.78 is 19.1. The second kappa shape index (κ2) is 10.7. The summed E-state index contributed by atoms with van der Waals surface area (Å²) in [6.07, 6.45) is 3.61. The molecule has 1 saturated heterocycles. The first-order valence-electron chi connectivity index (χ1n) is 11.9. The molecule has 2 amide bonds. The van der Waals surface area contributed by atoms with Crippen LogP contribution in [0.25, 0.3) is 0 Å². The summed E-state index contributed by atoms with van der Waals surface area (Å²) in [4.78, 5) is 33.5. The lowest BCUT2D eigenvalue weighted by Crippen LogP contribution is -2.36. The first kappa shape index (κ1) is 23.8. The standard InChI is InChI=1S/C25H31FN4O4/c1-2-34-23(32)16-21(18-8-10-22(31)20(26)15-18)30-14-13-29(25(30)33)12-4-6-19-9-7-17-5-3-11-27-24(17)28-19/h7-10,15,21,31H,2-6,11-14,16H2,1H3,(H,27,28)/t21-/m1/s1. The predicted molar refractivity (Wildman–Crippen MR) is 125 cm³/mol. The molecule has 0 bridgehead atoms. The quantitative estimate of drug-likeness (QED) is 0.544. The van der Waals surface area contributed by atoms with Gasteiger partial charge in [-0.15, -0.1) is 0 Å². The summed E-state index contributed by atoms with van der Waals surface area (Å²) >= 11 is 0. The minimum Gasteiger partial charge on any atom is -0.505 e. The summed E-state index contributed by atoms with van der Waals surface area (Å²) in [5.41, 5.74) is 2.69. The van der Waals surface area contributed by atoms with E-state index in [1.807, 2.05) is 0 Å². The molecule has 2 N–H and O–H groups in total. The van der Waals surface area contributed by atoms with Crippen LogP contribution in [0.15, 0.2) is 30.3 Å². The average molecular weight is 471 g/mol. The molecule has 0 unspecified atom stereocenters. The number of carbonyl (C=O) groups is 2. The first-order valence-corrected chi connectivity index (χ1v) is 11.9. The van der Waals surface area contributed by atoms with E-state index in [9.17, 15) is 19.1 Å². The third-order valence-corrected chi connectivity index (χ3v) is 6.34. The molecule has 4 rings (SSSR count). The van der Waals surface area contributed by atoms with Crippen LogP contribution in [-0.2, 0) is 22.4 Å². The van der Waals surface area contributed by atoms with Crippen LogP contribution in [0.3, 0.4) is 0 Å². The van der Waals surface area contributed by atoms with Crippen molar-refractivity contribution in [2.45, 2.75) is 45.1 Å². The number of hydrogen-bond acceptors (Lipinski definition) is 6. The lowest BCUT2D eigenvalue weighted by molar-refractivity contribution is -0.144. The van der Waals surface area contributed by atoms with Gasteiger partial charge >= 0.3 is 12.0 Å². The molecule has 34 heavy (non-hydrogen) atoms. The molecule has 3 heterocycles. The van der Waals surface area contributed by atoms with Gasteiger partial charge in [-0.25, -0.2) is 14.2 Å². The van der Waals surface area contributed by atoms with E-state index >= 15 is 0 Å². The van der Waals surface area contributed by atoms with E-state index in [0.717, 1.165) is 43.7 Å². The third-order valence-electron chi connectivity index (χ3n) is 6.34. The van der Waals surface area contributed by atoms with E-state index < -0.39 is 23.6 Å².